The van der Waals surface area contributed by atoms with Gasteiger partial charge in [-0.1, -0.05) is 38.5 Å². The van der Waals surface area contributed by atoms with Crippen LogP contribution in [-0.2, 0) is 12.8 Å². The molecule has 0 spiro atoms. The molecule has 0 aliphatic heterocycles. The summed E-state index contributed by atoms with van der Waals surface area (Å²) in [5.74, 6) is 0.166. The zero-order valence-electron chi connectivity index (χ0n) is 10.3. The van der Waals surface area contributed by atoms with Gasteiger partial charge in [0.05, 0.1) is 11.4 Å². The minimum Gasteiger partial charge on any atom is -0.492 e. The highest BCUT2D eigenvalue weighted by Crippen LogP contribution is 2.25. The lowest BCUT2D eigenvalue weighted by Gasteiger charge is -2.07. The van der Waals surface area contributed by atoms with Crippen LogP contribution in [0.15, 0.2) is 30.3 Å². The van der Waals surface area contributed by atoms with Crippen LogP contribution in [0.3, 0.4) is 0 Å². The highest BCUT2D eigenvalue weighted by molar-refractivity contribution is 5.39. The monoisotopic (exact) mass is 230 g/mol. The zero-order chi connectivity index (χ0) is 12.3. The number of nitrogens with zero attached hydrogens (tertiary/aromatic N) is 2. The van der Waals surface area contributed by atoms with E-state index in [0.29, 0.717) is 0 Å². The summed E-state index contributed by atoms with van der Waals surface area (Å²) < 4.78 is 1.86. The summed E-state index contributed by atoms with van der Waals surface area (Å²) >= 11 is 0. The van der Waals surface area contributed by atoms with Gasteiger partial charge in [-0.05, 0) is 25.0 Å². The van der Waals surface area contributed by atoms with Crippen LogP contribution in [0.25, 0.3) is 5.69 Å². The van der Waals surface area contributed by atoms with Gasteiger partial charge in [0, 0.05) is 5.56 Å². The van der Waals surface area contributed by atoms with Crippen LogP contribution in [-0.4, -0.2) is 14.9 Å². The summed E-state index contributed by atoms with van der Waals surface area (Å²) in [5.41, 5.74) is 3.10. The van der Waals surface area contributed by atoms with Gasteiger partial charge in [0.25, 0.3) is 0 Å². The molecule has 0 fully saturated rings. The first-order valence-corrected chi connectivity index (χ1v) is 6.13. The van der Waals surface area contributed by atoms with Crippen LogP contribution in [0, 0.1) is 0 Å². The van der Waals surface area contributed by atoms with Crippen molar-refractivity contribution in [1.29, 1.82) is 0 Å². The molecule has 2 aromatic rings. The second-order valence-corrected chi connectivity index (χ2v) is 4.10. The molecule has 17 heavy (non-hydrogen) atoms. The smallest absolute Gasteiger partial charge is 0.234 e. The van der Waals surface area contributed by atoms with Gasteiger partial charge < -0.3 is 5.11 Å². The van der Waals surface area contributed by atoms with Crippen molar-refractivity contribution >= 4 is 0 Å². The largest absolute Gasteiger partial charge is 0.492 e. The molecule has 1 aromatic carbocycles. The number of rotatable bonds is 4. The Morgan fingerprint density at radius 1 is 1.18 bits per heavy atom. The van der Waals surface area contributed by atoms with E-state index in [1.54, 1.807) is 0 Å². The van der Waals surface area contributed by atoms with Crippen molar-refractivity contribution < 1.29 is 5.11 Å². The van der Waals surface area contributed by atoms with Gasteiger partial charge in [-0.3, -0.25) is 0 Å². The Morgan fingerprint density at radius 3 is 2.47 bits per heavy atom. The third-order valence-electron chi connectivity index (χ3n) is 2.91. The molecule has 0 saturated carbocycles. The van der Waals surface area contributed by atoms with E-state index in [-0.39, 0.29) is 5.88 Å². The normalized spacial score (nSPS) is 10.7. The third kappa shape index (κ3) is 2.18. The highest BCUT2D eigenvalue weighted by atomic mass is 16.3. The molecule has 2 rings (SSSR count). The van der Waals surface area contributed by atoms with Crippen molar-refractivity contribution in [3.8, 4) is 11.6 Å². The van der Waals surface area contributed by atoms with Crippen LogP contribution in [0.5, 0.6) is 5.88 Å². The summed E-state index contributed by atoms with van der Waals surface area (Å²) in [7, 11) is 0. The van der Waals surface area contributed by atoms with E-state index < -0.39 is 0 Å². The number of hydrogen-bond acceptors (Lipinski definition) is 2. The van der Waals surface area contributed by atoms with E-state index >= 15 is 0 Å². The Labute approximate surface area is 102 Å². The maximum absolute atomic E-state index is 9.87. The Hall–Kier alpha value is -1.77. The molecule has 3 nitrogen and oxygen atoms in total. The molecule has 1 aromatic heterocycles. The summed E-state index contributed by atoms with van der Waals surface area (Å²) in [4.78, 5) is 0. The summed E-state index contributed by atoms with van der Waals surface area (Å²) in [5, 5.41) is 14.1. The van der Waals surface area contributed by atoms with Crippen molar-refractivity contribution in [1.82, 2.24) is 9.78 Å². The first-order chi connectivity index (χ1) is 8.27. The van der Waals surface area contributed by atoms with Crippen molar-refractivity contribution in [3.05, 3.63) is 41.6 Å². The first-order valence-electron chi connectivity index (χ1n) is 6.13. The molecule has 1 heterocycles. The number of para-hydroxylation sites is 1. The minimum absolute atomic E-state index is 0.166. The van der Waals surface area contributed by atoms with Crippen LogP contribution in [0.4, 0.5) is 0 Å². The zero-order valence-corrected chi connectivity index (χ0v) is 10.3. The van der Waals surface area contributed by atoms with Gasteiger partial charge in [0.15, 0.2) is 0 Å². The Morgan fingerprint density at radius 2 is 1.88 bits per heavy atom. The molecule has 0 atom stereocenters. The van der Waals surface area contributed by atoms with E-state index in [2.05, 4.69) is 12.0 Å². The van der Waals surface area contributed by atoms with Crippen LogP contribution in [0.1, 0.15) is 31.5 Å². The van der Waals surface area contributed by atoms with Gasteiger partial charge in [0.2, 0.25) is 5.88 Å². The maximum Gasteiger partial charge on any atom is 0.234 e. The third-order valence-corrected chi connectivity index (χ3v) is 2.91. The van der Waals surface area contributed by atoms with Crippen molar-refractivity contribution in [2.24, 2.45) is 0 Å². The lowest BCUT2D eigenvalue weighted by atomic mass is 10.1. The Bertz CT molecular complexity index is 488. The van der Waals surface area contributed by atoms with E-state index in [1.807, 2.05) is 41.9 Å². The molecule has 0 bridgehead atoms. The van der Waals surface area contributed by atoms with E-state index in [4.69, 9.17) is 0 Å². The topological polar surface area (TPSA) is 38.1 Å². The molecular formula is C14H18N2O. The van der Waals surface area contributed by atoms with Crippen LogP contribution < -0.4 is 0 Å². The summed E-state index contributed by atoms with van der Waals surface area (Å²) in [6, 6.07) is 9.95. The molecule has 3 heteroatoms. The van der Waals surface area contributed by atoms with Gasteiger partial charge in [-0.2, -0.15) is 0 Å². The minimum atomic E-state index is 0.166. The fourth-order valence-electron chi connectivity index (χ4n) is 2.11. The van der Waals surface area contributed by atoms with Gasteiger partial charge in [0.1, 0.15) is 0 Å². The summed E-state index contributed by atoms with van der Waals surface area (Å²) in [6.45, 7) is 4.18. The van der Waals surface area contributed by atoms with Gasteiger partial charge in [-0.25, -0.2) is 4.68 Å². The highest BCUT2D eigenvalue weighted by Gasteiger charge is 2.15. The Balaban J connectivity index is 2.54. The van der Waals surface area contributed by atoms with E-state index in [0.717, 1.165) is 36.2 Å². The van der Waals surface area contributed by atoms with Crippen molar-refractivity contribution in [2.75, 3.05) is 0 Å². The molecule has 90 valence electrons. The van der Waals surface area contributed by atoms with Crippen LogP contribution >= 0.6 is 0 Å². The molecule has 0 saturated heterocycles. The number of hydrogen-bond donors (Lipinski definition) is 1. The quantitative estimate of drug-likeness (QED) is 0.876. The fraction of sp³-hybridized carbons (Fsp3) is 0.357. The second-order valence-electron chi connectivity index (χ2n) is 4.10. The molecule has 0 aliphatic carbocycles. The van der Waals surface area contributed by atoms with Crippen molar-refractivity contribution in [3.63, 3.8) is 0 Å². The predicted octanol–water partition coefficient (Wildman–Crippen LogP) is 3.09. The second kappa shape index (κ2) is 5.04. The van der Waals surface area contributed by atoms with E-state index in [9.17, 15) is 5.11 Å². The number of benzene rings is 1. The molecular weight excluding hydrogens is 212 g/mol. The predicted molar refractivity (Wildman–Crippen MR) is 68.6 cm³/mol. The average molecular weight is 230 g/mol. The number of aromatic nitrogens is 2. The van der Waals surface area contributed by atoms with Crippen molar-refractivity contribution in [2.45, 2.75) is 33.1 Å². The van der Waals surface area contributed by atoms with Crippen LogP contribution in [0.2, 0.25) is 0 Å². The fourth-order valence-corrected chi connectivity index (χ4v) is 2.11. The molecule has 0 aliphatic rings. The molecule has 0 amide bonds. The lowest BCUT2D eigenvalue weighted by Crippen LogP contribution is -2.03. The molecule has 0 unspecified atom stereocenters. The molecule has 1 N–H and O–H groups in total. The van der Waals surface area contributed by atoms with E-state index in [1.165, 1.54) is 0 Å². The first kappa shape index (κ1) is 11.7. The maximum atomic E-state index is 9.87. The van der Waals surface area contributed by atoms with Gasteiger partial charge in [-0.15, -0.1) is 5.10 Å². The van der Waals surface area contributed by atoms with Gasteiger partial charge >= 0.3 is 0 Å². The molecule has 0 radical (unpaired) electrons. The Kier molecular flexibility index (Phi) is 3.47. The lowest BCUT2D eigenvalue weighted by molar-refractivity contribution is 0.443. The average Bonchev–Trinajstić information content (AvgIpc) is 2.67. The summed E-state index contributed by atoms with van der Waals surface area (Å²) in [6.07, 6.45) is 2.80. The number of aromatic hydroxyl groups is 1. The standard InChI is InChI=1S/C14H18N2O/c1-3-8-13-12(4-2)14(17)15-16(13)11-9-6-5-7-10-11/h5-7,9-10H,3-4,8H2,1-2H3,(H,15,17). The SMILES string of the molecule is CCCc1c(CC)c(O)nn1-c1ccccc1.